The van der Waals surface area contributed by atoms with E-state index in [0.717, 1.165) is 71.2 Å². The van der Waals surface area contributed by atoms with Crippen LogP contribution in [0, 0.1) is 0 Å². The van der Waals surface area contributed by atoms with Crippen molar-refractivity contribution in [2.24, 2.45) is 0 Å². The first kappa shape index (κ1) is 35.0. The van der Waals surface area contributed by atoms with Gasteiger partial charge in [0.15, 0.2) is 0 Å². The Hall–Kier alpha value is -3.86. The van der Waals surface area contributed by atoms with Crippen LogP contribution >= 0.6 is 15.8 Å². The van der Waals surface area contributed by atoms with E-state index in [1.165, 1.54) is 21.2 Å². The third-order valence-corrected chi connectivity index (χ3v) is 12.7. The average molecular weight is 667 g/mol. The molecule has 0 aliphatic rings. The molecule has 0 heterocycles. The fourth-order valence-electron chi connectivity index (χ4n) is 5.15. The molecule has 4 aromatic rings. The summed E-state index contributed by atoms with van der Waals surface area (Å²) in [5, 5.41) is 4.66. The molecule has 10 heteroatoms. The van der Waals surface area contributed by atoms with Gasteiger partial charge in [-0.3, -0.25) is 0 Å². The lowest BCUT2D eigenvalue weighted by molar-refractivity contribution is 0.394. The SMILES string of the molecule is COc1cc(OC)cc(P(CCCCP(c2cc(OC)cc(OC)c2)c2cc(OC)cc(OC)c2)c2cc(OC)cc(OC)c2)c1. The van der Waals surface area contributed by atoms with Gasteiger partial charge in [0.1, 0.15) is 46.0 Å². The van der Waals surface area contributed by atoms with Gasteiger partial charge in [-0.15, -0.1) is 0 Å². The molecule has 0 saturated heterocycles. The third kappa shape index (κ3) is 8.90. The summed E-state index contributed by atoms with van der Waals surface area (Å²) in [7, 11) is 11.8. The monoisotopic (exact) mass is 666 g/mol. The highest BCUT2D eigenvalue weighted by molar-refractivity contribution is 7.73. The van der Waals surface area contributed by atoms with Gasteiger partial charge in [-0.05, 0) is 111 Å². The molecule has 246 valence electrons. The molecule has 0 unspecified atom stereocenters. The zero-order valence-electron chi connectivity index (χ0n) is 27.9. The maximum absolute atomic E-state index is 5.65. The zero-order valence-corrected chi connectivity index (χ0v) is 29.7. The predicted octanol–water partition coefficient (Wildman–Crippen LogP) is 6.10. The molecule has 0 amide bonds. The van der Waals surface area contributed by atoms with Crippen LogP contribution in [-0.2, 0) is 0 Å². The van der Waals surface area contributed by atoms with Gasteiger partial charge in [-0.25, -0.2) is 0 Å². The van der Waals surface area contributed by atoms with Crippen molar-refractivity contribution in [2.75, 3.05) is 69.2 Å². The Kier molecular flexibility index (Phi) is 13.1. The summed E-state index contributed by atoms with van der Waals surface area (Å²) in [6.45, 7) is 0. The fourth-order valence-corrected chi connectivity index (χ4v) is 10.1. The van der Waals surface area contributed by atoms with Crippen LogP contribution in [0.3, 0.4) is 0 Å². The molecule has 0 radical (unpaired) electrons. The van der Waals surface area contributed by atoms with Crippen molar-refractivity contribution in [3.05, 3.63) is 72.8 Å². The van der Waals surface area contributed by atoms with Crippen molar-refractivity contribution in [3.8, 4) is 46.0 Å². The van der Waals surface area contributed by atoms with Crippen LogP contribution in [0.4, 0.5) is 0 Å². The van der Waals surface area contributed by atoms with E-state index >= 15 is 0 Å². The second kappa shape index (κ2) is 17.2. The minimum atomic E-state index is -0.802. The summed E-state index contributed by atoms with van der Waals surface area (Å²) in [6.07, 6.45) is 3.89. The van der Waals surface area contributed by atoms with Crippen molar-refractivity contribution in [1.82, 2.24) is 0 Å². The highest BCUT2D eigenvalue weighted by atomic mass is 31.1. The van der Waals surface area contributed by atoms with Crippen LogP contribution in [0.15, 0.2) is 72.8 Å². The topological polar surface area (TPSA) is 73.8 Å². The number of rotatable bonds is 17. The summed E-state index contributed by atoms with van der Waals surface area (Å²) in [6, 6.07) is 24.5. The van der Waals surface area contributed by atoms with E-state index in [2.05, 4.69) is 48.5 Å². The third-order valence-electron chi connectivity index (χ3n) is 7.60. The Morgan fingerprint density at radius 3 is 0.630 bits per heavy atom. The lowest BCUT2D eigenvalue weighted by Crippen LogP contribution is -2.17. The highest BCUT2D eigenvalue weighted by Crippen LogP contribution is 2.43. The molecule has 0 N–H and O–H groups in total. The second-order valence-electron chi connectivity index (χ2n) is 10.3. The first-order chi connectivity index (χ1) is 22.4. The molecular weight excluding hydrogens is 622 g/mol. The maximum atomic E-state index is 5.65. The smallest absolute Gasteiger partial charge is 0.123 e. The van der Waals surface area contributed by atoms with Gasteiger partial charge >= 0.3 is 0 Å². The summed E-state index contributed by atoms with van der Waals surface area (Å²) in [5.41, 5.74) is 0. The Morgan fingerprint density at radius 2 is 0.478 bits per heavy atom. The van der Waals surface area contributed by atoms with E-state index in [9.17, 15) is 0 Å². The molecule has 0 atom stereocenters. The number of hydrogen-bond acceptors (Lipinski definition) is 8. The van der Waals surface area contributed by atoms with Crippen molar-refractivity contribution >= 4 is 37.1 Å². The van der Waals surface area contributed by atoms with E-state index in [0.29, 0.717) is 0 Å². The summed E-state index contributed by atoms with van der Waals surface area (Å²) < 4.78 is 45.2. The first-order valence-corrected chi connectivity index (χ1v) is 17.9. The van der Waals surface area contributed by atoms with Crippen molar-refractivity contribution in [3.63, 3.8) is 0 Å². The zero-order chi connectivity index (χ0) is 33.1. The average Bonchev–Trinajstić information content (AvgIpc) is 3.11. The number of methoxy groups -OCH3 is 8. The van der Waals surface area contributed by atoms with Gasteiger partial charge in [-0.1, -0.05) is 0 Å². The quantitative estimate of drug-likeness (QED) is 0.0990. The Balaban J connectivity index is 1.68. The molecule has 0 aliphatic heterocycles. The van der Waals surface area contributed by atoms with Crippen LogP contribution in [-0.4, -0.2) is 69.2 Å². The summed E-state index contributed by atoms with van der Waals surface area (Å²) in [5.74, 6) is 6.11. The molecule has 4 aromatic carbocycles. The Labute approximate surface area is 275 Å². The number of benzene rings is 4. The second-order valence-corrected chi connectivity index (χ2v) is 15.0. The number of ether oxygens (including phenoxy) is 8. The molecule has 8 nitrogen and oxygen atoms in total. The lowest BCUT2D eigenvalue weighted by atomic mass is 10.3. The number of hydrogen-bond donors (Lipinski definition) is 0. The summed E-state index contributed by atoms with van der Waals surface area (Å²) >= 11 is 0. The standard InChI is InChI=1S/C36H44O8P2/c1-37-25-13-26(38-2)18-33(17-25)45(34-19-27(39-3)14-28(20-34)40-4)11-9-10-12-46(35-21-29(41-5)15-30(22-35)42-6)36-23-31(43-7)16-32(24-36)44-8/h13-24H,9-12H2,1-8H3. The van der Waals surface area contributed by atoms with Crippen LogP contribution in [0.25, 0.3) is 0 Å². The van der Waals surface area contributed by atoms with Gasteiger partial charge in [0.25, 0.3) is 0 Å². The Morgan fingerprint density at radius 1 is 0.304 bits per heavy atom. The van der Waals surface area contributed by atoms with Gasteiger partial charge in [0.2, 0.25) is 0 Å². The van der Waals surface area contributed by atoms with E-state index in [1.54, 1.807) is 56.9 Å². The van der Waals surface area contributed by atoms with Crippen LogP contribution < -0.4 is 59.1 Å². The van der Waals surface area contributed by atoms with Crippen molar-refractivity contribution in [1.29, 1.82) is 0 Å². The maximum Gasteiger partial charge on any atom is 0.123 e. The molecule has 4 rings (SSSR count). The normalized spacial score (nSPS) is 10.9. The largest absolute Gasteiger partial charge is 0.497 e. The minimum Gasteiger partial charge on any atom is -0.497 e. The molecule has 0 spiro atoms. The molecule has 0 aliphatic carbocycles. The first-order valence-electron chi connectivity index (χ1n) is 14.9. The van der Waals surface area contributed by atoms with Gasteiger partial charge in [-0.2, -0.15) is 0 Å². The van der Waals surface area contributed by atoms with Gasteiger partial charge < -0.3 is 37.9 Å². The van der Waals surface area contributed by atoms with E-state index in [-0.39, 0.29) is 0 Å². The molecule has 0 saturated carbocycles. The van der Waals surface area contributed by atoms with E-state index in [1.807, 2.05) is 24.3 Å². The van der Waals surface area contributed by atoms with Crippen molar-refractivity contribution < 1.29 is 37.9 Å². The molecule has 0 bridgehead atoms. The molecule has 0 fully saturated rings. The van der Waals surface area contributed by atoms with E-state index < -0.39 is 15.8 Å². The fraction of sp³-hybridized carbons (Fsp3) is 0.333. The van der Waals surface area contributed by atoms with Crippen LogP contribution in [0.5, 0.6) is 46.0 Å². The minimum absolute atomic E-state index is 0.763. The molecule has 46 heavy (non-hydrogen) atoms. The van der Waals surface area contributed by atoms with Crippen LogP contribution in [0.1, 0.15) is 12.8 Å². The Bertz CT molecular complexity index is 1260. The van der Waals surface area contributed by atoms with E-state index in [4.69, 9.17) is 37.9 Å². The van der Waals surface area contributed by atoms with Gasteiger partial charge in [0, 0.05) is 24.3 Å². The summed E-state index contributed by atoms with van der Waals surface area (Å²) in [4.78, 5) is 0. The molecule has 0 aromatic heterocycles. The number of unbranched alkanes of at least 4 members (excludes halogenated alkanes) is 1. The predicted molar refractivity (Wildman–Crippen MR) is 190 cm³/mol. The lowest BCUT2D eigenvalue weighted by Gasteiger charge is -2.23. The van der Waals surface area contributed by atoms with Crippen LogP contribution in [0.2, 0.25) is 0 Å². The highest BCUT2D eigenvalue weighted by Gasteiger charge is 2.21. The van der Waals surface area contributed by atoms with Gasteiger partial charge in [0.05, 0.1) is 56.9 Å². The molecular formula is C36H44O8P2. The van der Waals surface area contributed by atoms with Crippen molar-refractivity contribution in [2.45, 2.75) is 12.8 Å².